The number of aryl methyl sites for hydroxylation is 2. The molecule has 1 radical (unpaired) electrons. The Bertz CT molecular complexity index is 544. The van der Waals surface area contributed by atoms with E-state index in [2.05, 4.69) is 0 Å². The van der Waals surface area contributed by atoms with Crippen LogP contribution < -0.4 is 4.74 Å². The lowest BCUT2D eigenvalue weighted by atomic mass is 10.1. The highest BCUT2D eigenvalue weighted by molar-refractivity contribution is 7.89. The van der Waals surface area contributed by atoms with E-state index < -0.39 is 16.6 Å². The van der Waals surface area contributed by atoms with E-state index in [4.69, 9.17) is 4.74 Å². The average molecular weight is 300 g/mol. The summed E-state index contributed by atoms with van der Waals surface area (Å²) in [4.78, 5) is 0.264. The molecule has 0 unspecified atom stereocenters. The van der Waals surface area contributed by atoms with Gasteiger partial charge in [0, 0.05) is 12.6 Å². The maximum atomic E-state index is 12.8. The Labute approximate surface area is 121 Å². The van der Waals surface area contributed by atoms with Crippen LogP contribution in [-0.2, 0) is 15.1 Å². The molecule has 5 nitrogen and oxygen atoms in total. The zero-order valence-corrected chi connectivity index (χ0v) is 13.5. The highest BCUT2D eigenvalue weighted by atomic mass is 32.2. The quantitative estimate of drug-likeness (QED) is 0.808. The fourth-order valence-corrected chi connectivity index (χ4v) is 4.33. The summed E-state index contributed by atoms with van der Waals surface area (Å²) in [6.07, 6.45) is 0. The second kappa shape index (κ2) is 6.56. The van der Waals surface area contributed by atoms with E-state index in [0.717, 1.165) is 0 Å². The lowest BCUT2D eigenvalue weighted by Crippen LogP contribution is -2.39. The summed E-state index contributed by atoms with van der Waals surface area (Å²) in [6, 6.07) is 3.13. The molecule has 1 aromatic rings. The number of rotatable bonds is 6. The molecule has 0 N–H and O–H groups in total. The van der Waals surface area contributed by atoms with Crippen LogP contribution in [0.15, 0.2) is 17.0 Å². The SMILES string of the molecule is COc1cc(C)c(S(=O)(=O)N(CC[O])C(C)C)c(C)c1. The summed E-state index contributed by atoms with van der Waals surface area (Å²) >= 11 is 0. The first-order chi connectivity index (χ1) is 9.25. The van der Waals surface area contributed by atoms with Crippen molar-refractivity contribution in [1.29, 1.82) is 0 Å². The van der Waals surface area contributed by atoms with Crippen LogP contribution in [0.5, 0.6) is 5.75 Å². The first-order valence-electron chi connectivity index (χ1n) is 6.50. The van der Waals surface area contributed by atoms with Gasteiger partial charge >= 0.3 is 0 Å². The number of methoxy groups -OCH3 is 1. The van der Waals surface area contributed by atoms with Crippen molar-refractivity contribution in [3.05, 3.63) is 23.3 Å². The van der Waals surface area contributed by atoms with Gasteiger partial charge in [-0.25, -0.2) is 13.5 Å². The van der Waals surface area contributed by atoms with E-state index in [1.165, 1.54) is 4.31 Å². The lowest BCUT2D eigenvalue weighted by molar-refractivity contribution is 0.163. The molecule has 0 saturated carbocycles. The third kappa shape index (κ3) is 3.31. The van der Waals surface area contributed by atoms with Crippen LogP contribution in [0.3, 0.4) is 0 Å². The molecule has 0 aliphatic heterocycles. The zero-order chi connectivity index (χ0) is 15.5. The highest BCUT2D eigenvalue weighted by Gasteiger charge is 2.29. The van der Waals surface area contributed by atoms with Gasteiger partial charge in [0.15, 0.2) is 0 Å². The molecular formula is C14H22NO4S. The van der Waals surface area contributed by atoms with Crippen molar-refractivity contribution in [2.75, 3.05) is 20.3 Å². The molecule has 1 rings (SSSR count). The third-order valence-corrected chi connectivity index (χ3v) is 5.51. The van der Waals surface area contributed by atoms with Gasteiger partial charge in [-0.2, -0.15) is 4.31 Å². The van der Waals surface area contributed by atoms with Crippen LogP contribution in [0, 0.1) is 13.8 Å². The number of ether oxygens (including phenoxy) is 1. The first kappa shape index (κ1) is 16.9. The molecular weight excluding hydrogens is 278 g/mol. The summed E-state index contributed by atoms with van der Waals surface area (Å²) < 4.78 is 31.9. The molecule has 0 aliphatic carbocycles. The van der Waals surface area contributed by atoms with Crippen molar-refractivity contribution in [3.8, 4) is 5.75 Å². The van der Waals surface area contributed by atoms with E-state index >= 15 is 0 Å². The summed E-state index contributed by atoms with van der Waals surface area (Å²) in [6.45, 7) is 6.52. The predicted octanol–water partition coefficient (Wildman–Crippen LogP) is 2.14. The maximum absolute atomic E-state index is 12.8. The number of hydrogen-bond donors (Lipinski definition) is 0. The van der Waals surface area contributed by atoms with Gasteiger partial charge in [-0.3, -0.25) is 0 Å². The second-order valence-electron chi connectivity index (χ2n) is 5.00. The average Bonchev–Trinajstić information content (AvgIpc) is 2.33. The Balaban J connectivity index is 3.41. The molecule has 20 heavy (non-hydrogen) atoms. The minimum absolute atomic E-state index is 0.0229. The Kier molecular flexibility index (Phi) is 5.56. The van der Waals surface area contributed by atoms with Crippen LogP contribution in [0.2, 0.25) is 0 Å². The van der Waals surface area contributed by atoms with E-state index in [1.807, 2.05) is 0 Å². The van der Waals surface area contributed by atoms with E-state index in [0.29, 0.717) is 16.9 Å². The largest absolute Gasteiger partial charge is 0.497 e. The normalized spacial score (nSPS) is 12.2. The molecule has 0 heterocycles. The van der Waals surface area contributed by atoms with Crippen molar-refractivity contribution in [1.82, 2.24) is 4.31 Å². The van der Waals surface area contributed by atoms with Gasteiger partial charge in [0.2, 0.25) is 10.0 Å². The molecule has 0 bridgehead atoms. The molecule has 0 fully saturated rings. The summed E-state index contributed by atoms with van der Waals surface area (Å²) in [5, 5.41) is 10.9. The van der Waals surface area contributed by atoms with Crippen molar-refractivity contribution >= 4 is 10.0 Å². The molecule has 113 valence electrons. The molecule has 0 spiro atoms. The van der Waals surface area contributed by atoms with Gasteiger partial charge < -0.3 is 4.74 Å². The summed E-state index contributed by atoms with van der Waals surface area (Å²) in [5.41, 5.74) is 1.25. The topological polar surface area (TPSA) is 66.5 Å². The molecule has 0 amide bonds. The van der Waals surface area contributed by atoms with E-state index in [1.54, 1.807) is 46.9 Å². The van der Waals surface area contributed by atoms with Gasteiger partial charge in [-0.05, 0) is 51.0 Å². The number of sulfonamides is 1. The Hall–Kier alpha value is -1.11. The minimum Gasteiger partial charge on any atom is -0.497 e. The Morgan fingerprint density at radius 2 is 1.70 bits per heavy atom. The number of benzene rings is 1. The van der Waals surface area contributed by atoms with Crippen molar-refractivity contribution < 1.29 is 18.3 Å². The Morgan fingerprint density at radius 3 is 2.05 bits per heavy atom. The standard InChI is InChI=1S/C14H22NO4S/c1-10(2)15(6-7-16)20(17,18)14-11(3)8-13(19-5)9-12(14)4/h8-10H,6-7H2,1-5H3. The van der Waals surface area contributed by atoms with Gasteiger partial charge in [0.1, 0.15) is 5.75 Å². The summed E-state index contributed by atoms with van der Waals surface area (Å²) in [5.74, 6) is 0.624. The van der Waals surface area contributed by atoms with Gasteiger partial charge in [0.25, 0.3) is 0 Å². The maximum Gasteiger partial charge on any atom is 0.243 e. The van der Waals surface area contributed by atoms with Crippen LogP contribution >= 0.6 is 0 Å². The van der Waals surface area contributed by atoms with E-state index in [-0.39, 0.29) is 17.5 Å². The van der Waals surface area contributed by atoms with Crippen LogP contribution in [-0.4, -0.2) is 39.0 Å². The van der Waals surface area contributed by atoms with Crippen molar-refractivity contribution in [3.63, 3.8) is 0 Å². The molecule has 0 saturated heterocycles. The minimum atomic E-state index is -3.67. The van der Waals surface area contributed by atoms with Crippen LogP contribution in [0.1, 0.15) is 25.0 Å². The van der Waals surface area contributed by atoms with Gasteiger partial charge in [-0.15, -0.1) is 0 Å². The van der Waals surface area contributed by atoms with Gasteiger partial charge in [0.05, 0.1) is 18.6 Å². The van der Waals surface area contributed by atoms with Gasteiger partial charge in [-0.1, -0.05) is 0 Å². The number of hydrogen-bond acceptors (Lipinski definition) is 3. The molecule has 0 atom stereocenters. The first-order valence-corrected chi connectivity index (χ1v) is 7.94. The van der Waals surface area contributed by atoms with E-state index in [9.17, 15) is 13.5 Å². The molecule has 0 aromatic heterocycles. The highest BCUT2D eigenvalue weighted by Crippen LogP contribution is 2.28. The van der Waals surface area contributed by atoms with Crippen molar-refractivity contribution in [2.24, 2.45) is 0 Å². The van der Waals surface area contributed by atoms with Crippen molar-refractivity contribution in [2.45, 2.75) is 38.6 Å². The Morgan fingerprint density at radius 1 is 1.20 bits per heavy atom. The fraction of sp³-hybridized carbons (Fsp3) is 0.571. The zero-order valence-electron chi connectivity index (χ0n) is 12.6. The fourth-order valence-electron chi connectivity index (χ4n) is 2.30. The smallest absolute Gasteiger partial charge is 0.243 e. The summed E-state index contributed by atoms with van der Waals surface area (Å²) in [7, 11) is -2.13. The predicted molar refractivity (Wildman–Crippen MR) is 77.0 cm³/mol. The third-order valence-electron chi connectivity index (χ3n) is 3.12. The molecule has 0 aliphatic rings. The van der Waals surface area contributed by atoms with Crippen LogP contribution in [0.25, 0.3) is 0 Å². The lowest BCUT2D eigenvalue weighted by Gasteiger charge is -2.26. The molecule has 6 heteroatoms. The second-order valence-corrected chi connectivity index (χ2v) is 6.83. The number of nitrogens with zero attached hydrogens (tertiary/aromatic N) is 1. The monoisotopic (exact) mass is 300 g/mol. The molecule has 1 aromatic carbocycles. The van der Waals surface area contributed by atoms with Crippen LogP contribution in [0.4, 0.5) is 0 Å².